The normalized spacial score (nSPS) is 19.9. The van der Waals surface area contributed by atoms with Crippen LogP contribution in [0.3, 0.4) is 0 Å². The Labute approximate surface area is 276 Å². The van der Waals surface area contributed by atoms with Crippen LogP contribution in [-0.2, 0) is 27.9 Å². The summed E-state index contributed by atoms with van der Waals surface area (Å²) < 4.78 is 86.7. The highest BCUT2D eigenvalue weighted by molar-refractivity contribution is 6.01. The number of fused-ring (bicyclic) bond motifs is 1. The number of amides is 2. The lowest BCUT2D eigenvalue weighted by molar-refractivity contribution is -0.159. The summed E-state index contributed by atoms with van der Waals surface area (Å²) >= 11 is 0. The number of benzene rings is 2. The summed E-state index contributed by atoms with van der Waals surface area (Å²) in [6.07, 6.45) is -4.47. The van der Waals surface area contributed by atoms with Crippen LogP contribution < -0.4 is 15.1 Å². The minimum absolute atomic E-state index is 0.0159. The molecule has 260 valence electrons. The van der Waals surface area contributed by atoms with Crippen molar-refractivity contribution < 1.29 is 45.2 Å². The minimum atomic E-state index is -4.82. The smallest absolute Gasteiger partial charge is 0.444 e. The second kappa shape index (κ2) is 12.4. The quantitative estimate of drug-likeness (QED) is 0.222. The van der Waals surface area contributed by atoms with Crippen molar-refractivity contribution in [3.8, 4) is 22.8 Å². The summed E-state index contributed by atoms with van der Waals surface area (Å²) in [6.45, 7) is 7.23. The zero-order valence-electron chi connectivity index (χ0n) is 26.9. The molecule has 4 aromatic rings. The predicted molar refractivity (Wildman–Crippen MR) is 163 cm³/mol. The van der Waals surface area contributed by atoms with Crippen molar-refractivity contribution in [2.75, 3.05) is 22.9 Å². The molecule has 2 aromatic carbocycles. The van der Waals surface area contributed by atoms with E-state index < -0.39 is 53.6 Å². The van der Waals surface area contributed by atoms with E-state index in [0.717, 1.165) is 18.9 Å². The van der Waals surface area contributed by atoms with E-state index in [0.29, 0.717) is 18.7 Å². The Balaban J connectivity index is 1.38. The first-order chi connectivity index (χ1) is 23.0. The number of aromatic nitrogens is 4. The third-order valence-electron chi connectivity index (χ3n) is 8.02. The molecule has 0 radical (unpaired) electrons. The Morgan fingerprint density at radius 3 is 2.43 bits per heavy atom. The molecule has 2 aliphatic rings. The highest BCUT2D eigenvalue weighted by Gasteiger charge is 2.44. The Hall–Kier alpha value is -5.09. The van der Waals surface area contributed by atoms with Crippen LogP contribution in [0.5, 0.6) is 0 Å². The van der Waals surface area contributed by atoms with E-state index in [9.17, 15) is 22.8 Å². The summed E-state index contributed by atoms with van der Waals surface area (Å²) in [6, 6.07) is 6.85. The Kier molecular flexibility index (Phi) is 8.56. The van der Waals surface area contributed by atoms with Crippen molar-refractivity contribution in [1.29, 1.82) is 0 Å². The molecule has 0 bridgehead atoms. The standard InChI is InChI=1S/C32H32F5N7O5/c1-30(2,3)48-29(46)38-22-15-31(4,34)20-14-21(33)19(25-40-41-28(47-25)43-11-5-6-12-43)13-23(20)44(26(22)45)16-17-7-9-18(10-8-17)24-39-27(49-42-24)32(35,36)37/h7-10,13-14,22H,5-6,11-12,15-16H2,1-4H3,(H,38,46)/t22-,31?/m0/s1. The molecule has 17 heteroatoms. The number of carbonyl (C=O) groups is 2. The van der Waals surface area contributed by atoms with Crippen LogP contribution in [0.2, 0.25) is 0 Å². The van der Waals surface area contributed by atoms with Crippen molar-refractivity contribution in [1.82, 2.24) is 25.7 Å². The number of hydrogen-bond acceptors (Lipinski definition) is 10. The molecule has 2 aliphatic heterocycles. The lowest BCUT2D eigenvalue weighted by Crippen LogP contribution is -2.50. The highest BCUT2D eigenvalue weighted by atomic mass is 19.4. The van der Waals surface area contributed by atoms with Gasteiger partial charge in [0.05, 0.1) is 17.8 Å². The maximum Gasteiger partial charge on any atom is 0.471 e. The van der Waals surface area contributed by atoms with Crippen LogP contribution in [-0.4, -0.2) is 57.1 Å². The molecule has 4 heterocycles. The van der Waals surface area contributed by atoms with Crippen molar-refractivity contribution in [3.63, 3.8) is 0 Å². The SMILES string of the molecule is CC(C)(C)OC(=O)N[C@H]1CC(C)(F)c2cc(F)c(-c3nnc(N4CCCC4)o3)cc2N(Cc2ccc(-c3noc(C(F)(F)F)n3)cc2)C1=O. The van der Waals surface area contributed by atoms with Crippen LogP contribution in [0.4, 0.5) is 38.4 Å². The van der Waals surface area contributed by atoms with Gasteiger partial charge in [-0.25, -0.2) is 13.6 Å². The monoisotopic (exact) mass is 689 g/mol. The third kappa shape index (κ3) is 7.19. The molecule has 1 fully saturated rings. The summed E-state index contributed by atoms with van der Waals surface area (Å²) in [5, 5.41) is 13.9. The molecule has 6 rings (SSSR count). The van der Waals surface area contributed by atoms with E-state index in [4.69, 9.17) is 9.15 Å². The Morgan fingerprint density at radius 1 is 1.10 bits per heavy atom. The zero-order chi connectivity index (χ0) is 35.3. The van der Waals surface area contributed by atoms with Gasteiger partial charge in [0.15, 0.2) is 0 Å². The number of carbonyl (C=O) groups excluding carboxylic acids is 2. The third-order valence-corrected chi connectivity index (χ3v) is 8.02. The molecule has 0 aliphatic carbocycles. The van der Waals surface area contributed by atoms with Gasteiger partial charge in [0, 0.05) is 30.6 Å². The Morgan fingerprint density at radius 2 is 1.80 bits per heavy atom. The molecule has 0 spiro atoms. The first-order valence-corrected chi connectivity index (χ1v) is 15.4. The van der Waals surface area contributed by atoms with E-state index in [1.165, 1.54) is 42.2 Å². The van der Waals surface area contributed by atoms with Crippen molar-refractivity contribution in [2.45, 2.75) is 77.0 Å². The number of halogens is 5. The van der Waals surface area contributed by atoms with Crippen LogP contribution in [0.25, 0.3) is 22.8 Å². The van der Waals surface area contributed by atoms with Gasteiger partial charge in [-0.2, -0.15) is 18.2 Å². The van der Waals surface area contributed by atoms with Crippen LogP contribution >= 0.6 is 0 Å². The molecule has 2 amide bonds. The van der Waals surface area contributed by atoms with E-state index in [-0.39, 0.29) is 46.7 Å². The summed E-state index contributed by atoms with van der Waals surface area (Å²) in [4.78, 5) is 33.4. The number of nitrogens with zero attached hydrogens (tertiary/aromatic N) is 6. The van der Waals surface area contributed by atoms with Gasteiger partial charge in [0.1, 0.15) is 23.1 Å². The average Bonchev–Trinajstić information content (AvgIpc) is 3.79. The minimum Gasteiger partial charge on any atom is -0.444 e. The fourth-order valence-corrected chi connectivity index (χ4v) is 5.74. The zero-order valence-corrected chi connectivity index (χ0v) is 26.9. The molecular formula is C32H32F5N7O5. The van der Waals surface area contributed by atoms with E-state index in [1.807, 2.05) is 4.90 Å². The number of rotatable bonds is 6. The maximum absolute atomic E-state index is 16.6. The second-order valence-electron chi connectivity index (χ2n) is 13.1. The van der Waals surface area contributed by atoms with Crippen molar-refractivity contribution in [3.05, 3.63) is 59.2 Å². The molecule has 1 unspecified atom stereocenters. The number of anilines is 2. The molecule has 2 aromatic heterocycles. The van der Waals surface area contributed by atoms with Crippen LogP contribution in [0, 0.1) is 5.82 Å². The van der Waals surface area contributed by atoms with Gasteiger partial charge in [-0.15, -0.1) is 5.10 Å². The fourth-order valence-electron chi connectivity index (χ4n) is 5.74. The lowest BCUT2D eigenvalue weighted by Gasteiger charge is -2.27. The molecular weight excluding hydrogens is 657 g/mol. The van der Waals surface area contributed by atoms with E-state index >= 15 is 8.78 Å². The molecule has 12 nitrogen and oxygen atoms in total. The average molecular weight is 690 g/mol. The number of ether oxygens (including phenoxy) is 1. The number of alkyl carbamates (subject to hydrolysis) is 1. The van der Waals surface area contributed by atoms with Crippen LogP contribution in [0.15, 0.2) is 45.3 Å². The number of nitrogens with one attached hydrogen (secondary N) is 1. The molecule has 1 N–H and O–H groups in total. The van der Waals surface area contributed by atoms with Gasteiger partial charge in [-0.1, -0.05) is 34.5 Å². The molecule has 2 atom stereocenters. The number of alkyl halides is 4. The summed E-state index contributed by atoms with van der Waals surface area (Å²) in [7, 11) is 0. The van der Waals surface area contributed by atoms with E-state index in [2.05, 4.69) is 30.2 Å². The van der Waals surface area contributed by atoms with Gasteiger partial charge in [0.2, 0.25) is 11.7 Å². The van der Waals surface area contributed by atoms with Gasteiger partial charge in [0.25, 0.3) is 5.89 Å². The number of hydrogen-bond donors (Lipinski definition) is 1. The first kappa shape index (κ1) is 33.8. The lowest BCUT2D eigenvalue weighted by atomic mass is 9.90. The Bertz CT molecular complexity index is 1860. The molecule has 0 saturated carbocycles. The first-order valence-electron chi connectivity index (χ1n) is 15.4. The van der Waals surface area contributed by atoms with Crippen molar-refractivity contribution in [2.24, 2.45) is 0 Å². The van der Waals surface area contributed by atoms with Gasteiger partial charge >= 0.3 is 24.2 Å². The largest absolute Gasteiger partial charge is 0.471 e. The van der Waals surface area contributed by atoms with E-state index in [1.54, 1.807) is 20.8 Å². The molecule has 1 saturated heterocycles. The van der Waals surface area contributed by atoms with Crippen molar-refractivity contribution >= 4 is 23.7 Å². The van der Waals surface area contributed by atoms with Gasteiger partial charge < -0.3 is 28.8 Å². The van der Waals surface area contributed by atoms with Gasteiger partial charge in [-0.3, -0.25) is 4.79 Å². The topological polar surface area (TPSA) is 140 Å². The molecule has 49 heavy (non-hydrogen) atoms. The predicted octanol–water partition coefficient (Wildman–Crippen LogP) is 6.56. The van der Waals surface area contributed by atoms with Gasteiger partial charge in [-0.05, 0) is 58.2 Å². The summed E-state index contributed by atoms with van der Waals surface area (Å²) in [5.41, 5.74) is -2.96. The highest BCUT2D eigenvalue weighted by Crippen LogP contribution is 2.44. The maximum atomic E-state index is 16.6. The van der Waals surface area contributed by atoms with Crippen LogP contribution in [0.1, 0.15) is 64.0 Å². The second-order valence-corrected chi connectivity index (χ2v) is 13.1. The summed E-state index contributed by atoms with van der Waals surface area (Å²) in [5.74, 6) is -3.59. The fraction of sp³-hybridized carbons (Fsp3) is 0.438.